The summed E-state index contributed by atoms with van der Waals surface area (Å²) in [5.74, 6) is -0.222. The zero-order chi connectivity index (χ0) is 16.8. The van der Waals surface area contributed by atoms with Gasteiger partial charge in [-0.2, -0.15) is 0 Å². The fourth-order valence-electron chi connectivity index (χ4n) is 2.89. The van der Waals surface area contributed by atoms with Gasteiger partial charge in [0.25, 0.3) is 0 Å². The molecule has 5 heteroatoms. The number of aromatic hydroxyl groups is 1. The highest BCUT2D eigenvalue weighted by Crippen LogP contribution is 2.31. The second kappa shape index (κ2) is 8.02. The van der Waals surface area contributed by atoms with Crippen LogP contribution < -0.4 is 5.73 Å². The van der Waals surface area contributed by atoms with Gasteiger partial charge < -0.3 is 10.8 Å². The molecule has 0 saturated carbocycles. The summed E-state index contributed by atoms with van der Waals surface area (Å²) in [5, 5.41) is 10.0. The summed E-state index contributed by atoms with van der Waals surface area (Å²) in [7, 11) is 0. The Kier molecular flexibility index (Phi) is 6.04. The van der Waals surface area contributed by atoms with Crippen molar-refractivity contribution in [3.63, 3.8) is 0 Å². The van der Waals surface area contributed by atoms with Crippen molar-refractivity contribution >= 4 is 34.3 Å². The largest absolute Gasteiger partial charge is 0.507 e. The van der Waals surface area contributed by atoms with Crippen LogP contribution in [-0.4, -0.2) is 21.7 Å². The van der Waals surface area contributed by atoms with Crippen LogP contribution in [0.1, 0.15) is 44.1 Å². The number of benzene rings is 1. The van der Waals surface area contributed by atoms with E-state index in [1.54, 1.807) is 24.3 Å². The van der Waals surface area contributed by atoms with Crippen LogP contribution in [0.5, 0.6) is 5.75 Å². The molecule has 1 aromatic rings. The van der Waals surface area contributed by atoms with E-state index in [0.29, 0.717) is 37.7 Å². The predicted molar refractivity (Wildman–Crippen MR) is 94.1 cm³/mol. The maximum Gasteiger partial charge on any atom is 0.218 e. The van der Waals surface area contributed by atoms with Gasteiger partial charge in [-0.25, -0.2) is 0 Å². The number of nitrogens with two attached hydrogens (primary N) is 1. The molecule has 1 atom stereocenters. The molecule has 0 fully saturated rings. The Balaban J connectivity index is 2.29. The first-order chi connectivity index (χ1) is 11.0. The quantitative estimate of drug-likeness (QED) is 0.834. The number of amides is 1. The van der Waals surface area contributed by atoms with Gasteiger partial charge >= 0.3 is 0 Å². The Morgan fingerprint density at radius 2 is 2.00 bits per heavy atom. The number of rotatable bonds is 3. The number of allylic oxidation sites excluding steroid dienone is 2. The molecule has 0 radical (unpaired) electrons. The molecule has 3 N–H and O–H groups in total. The van der Waals surface area contributed by atoms with Crippen molar-refractivity contribution < 1.29 is 14.7 Å². The highest BCUT2D eigenvalue weighted by Gasteiger charge is 2.20. The lowest BCUT2D eigenvalue weighted by molar-refractivity contribution is -0.118. The molecule has 23 heavy (non-hydrogen) atoms. The van der Waals surface area contributed by atoms with Crippen LogP contribution in [0.2, 0.25) is 0 Å². The second-order valence-corrected chi connectivity index (χ2v) is 6.40. The van der Waals surface area contributed by atoms with Gasteiger partial charge in [-0.1, -0.05) is 30.4 Å². The number of primary amides is 1. The molecule has 1 aliphatic carbocycles. The van der Waals surface area contributed by atoms with Crippen LogP contribution in [0.15, 0.2) is 30.3 Å². The average Bonchev–Trinajstić information content (AvgIpc) is 2.49. The van der Waals surface area contributed by atoms with Gasteiger partial charge in [0.15, 0.2) is 5.78 Å². The van der Waals surface area contributed by atoms with E-state index >= 15 is 0 Å². The number of thiocarbonyl (C=S) groups is 1. The third-order valence-corrected chi connectivity index (χ3v) is 4.63. The highest BCUT2D eigenvalue weighted by molar-refractivity contribution is 7.80. The number of ketones is 1. The van der Waals surface area contributed by atoms with Crippen molar-refractivity contribution in [2.75, 3.05) is 0 Å². The molecule has 0 bridgehead atoms. The molecule has 1 amide bonds. The summed E-state index contributed by atoms with van der Waals surface area (Å²) in [6, 6.07) is 6.96. The first-order valence-electron chi connectivity index (χ1n) is 7.80. The summed E-state index contributed by atoms with van der Waals surface area (Å²) < 4.78 is 0. The Morgan fingerprint density at radius 1 is 1.26 bits per heavy atom. The van der Waals surface area contributed by atoms with Gasteiger partial charge in [-0.05, 0) is 54.2 Å². The van der Waals surface area contributed by atoms with E-state index in [1.807, 2.05) is 6.07 Å². The molecule has 4 nitrogen and oxygen atoms in total. The Labute approximate surface area is 141 Å². The van der Waals surface area contributed by atoms with Crippen molar-refractivity contribution in [2.45, 2.75) is 38.5 Å². The number of hydrogen-bond acceptors (Lipinski definition) is 4. The van der Waals surface area contributed by atoms with Gasteiger partial charge in [0.05, 0.1) is 0 Å². The zero-order valence-electron chi connectivity index (χ0n) is 13.0. The summed E-state index contributed by atoms with van der Waals surface area (Å²) >= 11 is 5.43. The number of para-hydroxylation sites is 1. The molecule has 2 rings (SSSR count). The number of carbonyl (C=O) groups excluding carboxylic acids is 2. The van der Waals surface area contributed by atoms with Crippen molar-refractivity contribution in [1.82, 2.24) is 0 Å². The molecule has 1 aromatic carbocycles. The first kappa shape index (κ1) is 17.3. The minimum absolute atomic E-state index is 0.0411. The molecule has 1 unspecified atom stereocenters. The SMILES string of the molecule is NC(=O)CC1CCC(c2ccccc2O)=CC(=O)CCCC1=S. The van der Waals surface area contributed by atoms with Gasteiger partial charge in [0.1, 0.15) is 5.75 Å². The third kappa shape index (κ3) is 4.99. The monoisotopic (exact) mass is 331 g/mol. The molecular weight excluding hydrogens is 310 g/mol. The molecule has 0 spiro atoms. The van der Waals surface area contributed by atoms with E-state index in [2.05, 4.69) is 0 Å². The average molecular weight is 331 g/mol. The molecule has 0 aromatic heterocycles. The standard InChI is InChI=1S/C18H21NO3S/c19-18(22)11-13-9-8-12(15-5-1-2-6-16(15)21)10-14(20)4-3-7-17(13)23/h1-2,5-6,10,13,21H,3-4,7-9,11H2,(H2,19,22). The van der Waals surface area contributed by atoms with E-state index in [4.69, 9.17) is 18.0 Å². The number of phenolic OH excluding ortho intramolecular Hbond substituents is 1. The lowest BCUT2D eigenvalue weighted by Crippen LogP contribution is -2.22. The van der Waals surface area contributed by atoms with Gasteiger partial charge in [-0.15, -0.1) is 0 Å². The third-order valence-electron chi connectivity index (χ3n) is 4.10. The summed E-state index contributed by atoms with van der Waals surface area (Å²) in [5.41, 5.74) is 6.77. The summed E-state index contributed by atoms with van der Waals surface area (Å²) in [6.45, 7) is 0. The Bertz CT molecular complexity index is 651. The minimum atomic E-state index is -0.362. The van der Waals surface area contributed by atoms with Gasteiger partial charge in [-0.3, -0.25) is 9.59 Å². The van der Waals surface area contributed by atoms with Crippen LogP contribution in [0, 0.1) is 5.92 Å². The van der Waals surface area contributed by atoms with E-state index in [9.17, 15) is 14.7 Å². The van der Waals surface area contributed by atoms with Crippen LogP contribution >= 0.6 is 12.2 Å². The molecule has 0 heterocycles. The lowest BCUT2D eigenvalue weighted by Gasteiger charge is -2.19. The zero-order valence-corrected chi connectivity index (χ0v) is 13.8. The fraction of sp³-hybridized carbons (Fsp3) is 0.389. The minimum Gasteiger partial charge on any atom is -0.507 e. The van der Waals surface area contributed by atoms with Gasteiger partial charge in [0.2, 0.25) is 5.91 Å². The molecule has 0 aliphatic heterocycles. The van der Waals surface area contributed by atoms with Crippen LogP contribution in [-0.2, 0) is 9.59 Å². The van der Waals surface area contributed by atoms with E-state index < -0.39 is 0 Å². The first-order valence-corrected chi connectivity index (χ1v) is 8.21. The molecule has 1 aliphatic rings. The molecule has 0 saturated heterocycles. The topological polar surface area (TPSA) is 80.4 Å². The lowest BCUT2D eigenvalue weighted by atomic mass is 9.87. The maximum atomic E-state index is 12.1. The van der Waals surface area contributed by atoms with E-state index in [0.717, 1.165) is 10.4 Å². The van der Waals surface area contributed by atoms with E-state index in [-0.39, 0.29) is 29.8 Å². The van der Waals surface area contributed by atoms with Crippen molar-refractivity contribution in [3.05, 3.63) is 35.9 Å². The molecular formula is C18H21NO3S. The normalized spacial score (nSPS) is 20.0. The second-order valence-electron chi connectivity index (χ2n) is 5.88. The van der Waals surface area contributed by atoms with Crippen LogP contribution in [0.25, 0.3) is 5.57 Å². The summed E-state index contributed by atoms with van der Waals surface area (Å²) in [4.78, 5) is 24.2. The van der Waals surface area contributed by atoms with Crippen LogP contribution in [0.3, 0.4) is 0 Å². The number of hydrogen-bond donors (Lipinski definition) is 2. The number of phenols is 1. The van der Waals surface area contributed by atoms with Crippen molar-refractivity contribution in [1.29, 1.82) is 0 Å². The predicted octanol–water partition coefficient (Wildman–Crippen LogP) is 3.17. The van der Waals surface area contributed by atoms with Crippen molar-refractivity contribution in [3.8, 4) is 5.75 Å². The van der Waals surface area contributed by atoms with Gasteiger partial charge in [0, 0.05) is 18.4 Å². The Hall–Kier alpha value is -2.01. The summed E-state index contributed by atoms with van der Waals surface area (Å²) in [6.07, 6.45) is 4.83. The smallest absolute Gasteiger partial charge is 0.218 e. The number of carbonyl (C=O) groups is 2. The Morgan fingerprint density at radius 3 is 2.70 bits per heavy atom. The van der Waals surface area contributed by atoms with Crippen LogP contribution in [0.4, 0.5) is 0 Å². The highest BCUT2D eigenvalue weighted by atomic mass is 32.1. The van der Waals surface area contributed by atoms with E-state index in [1.165, 1.54) is 0 Å². The molecule has 122 valence electrons. The fourth-order valence-corrected chi connectivity index (χ4v) is 3.23. The van der Waals surface area contributed by atoms with Crippen molar-refractivity contribution in [2.24, 2.45) is 11.7 Å². The maximum absolute atomic E-state index is 12.1.